The van der Waals surface area contributed by atoms with Gasteiger partial charge in [-0.3, -0.25) is 0 Å². The fraction of sp³-hybridized carbons (Fsp3) is 0.538. The van der Waals surface area contributed by atoms with Gasteiger partial charge in [-0.25, -0.2) is 21.1 Å². The van der Waals surface area contributed by atoms with E-state index in [1.807, 2.05) is 0 Å². The Balaban J connectivity index is 2.10. The van der Waals surface area contributed by atoms with E-state index in [0.29, 0.717) is 17.9 Å². The second-order valence-electron chi connectivity index (χ2n) is 5.25. The van der Waals surface area contributed by atoms with E-state index in [1.165, 1.54) is 18.4 Å². The Labute approximate surface area is 126 Å². The maximum Gasteiger partial charge on any atom is 0.214 e. The van der Waals surface area contributed by atoms with E-state index in [2.05, 4.69) is 5.32 Å². The Kier molecular flexibility index (Phi) is 4.72. The molecule has 0 saturated carbocycles. The molecule has 1 aliphatic rings. The molecule has 1 aromatic carbocycles. The lowest BCUT2D eigenvalue weighted by atomic mass is 10.0. The molecule has 0 saturated heterocycles. The average molecular weight is 332 g/mol. The van der Waals surface area contributed by atoms with Crippen LogP contribution in [0, 0.1) is 0 Å². The number of sulfonamides is 1. The summed E-state index contributed by atoms with van der Waals surface area (Å²) < 4.78 is 48.6. The zero-order valence-electron chi connectivity index (χ0n) is 12.1. The van der Waals surface area contributed by atoms with Crippen molar-refractivity contribution in [3.8, 4) is 0 Å². The molecule has 1 aromatic rings. The van der Waals surface area contributed by atoms with Crippen molar-refractivity contribution in [1.29, 1.82) is 0 Å². The van der Waals surface area contributed by atoms with Gasteiger partial charge in [-0.2, -0.15) is 0 Å². The smallest absolute Gasteiger partial charge is 0.214 e. The SMILES string of the molecule is CN(C)S(=O)(=O)CCNC1CCS(=O)(=O)c2ccccc21. The first-order chi connectivity index (χ1) is 9.74. The second kappa shape index (κ2) is 6.04. The molecule has 1 atom stereocenters. The van der Waals surface area contributed by atoms with Crippen molar-refractivity contribution >= 4 is 19.9 Å². The van der Waals surface area contributed by atoms with Gasteiger partial charge in [0.2, 0.25) is 10.0 Å². The number of nitrogens with one attached hydrogen (secondary N) is 1. The van der Waals surface area contributed by atoms with Gasteiger partial charge in [0, 0.05) is 26.7 Å². The summed E-state index contributed by atoms with van der Waals surface area (Å²) in [5.74, 6) is 0.0769. The molecule has 6 nitrogen and oxygen atoms in total. The van der Waals surface area contributed by atoms with Crippen molar-refractivity contribution in [2.45, 2.75) is 17.4 Å². The first-order valence-corrected chi connectivity index (χ1v) is 9.95. The Morgan fingerprint density at radius 1 is 1.29 bits per heavy atom. The Morgan fingerprint density at radius 3 is 2.62 bits per heavy atom. The molecule has 1 N–H and O–H groups in total. The van der Waals surface area contributed by atoms with Gasteiger partial charge in [0.15, 0.2) is 9.84 Å². The molecule has 1 heterocycles. The molecule has 0 aromatic heterocycles. The molecule has 0 radical (unpaired) electrons. The maximum atomic E-state index is 12.0. The van der Waals surface area contributed by atoms with Crippen LogP contribution in [0.3, 0.4) is 0 Å². The fourth-order valence-corrected chi connectivity index (χ4v) is 4.71. The monoisotopic (exact) mass is 332 g/mol. The van der Waals surface area contributed by atoms with E-state index in [1.54, 1.807) is 24.3 Å². The molecule has 0 aliphatic carbocycles. The molecule has 21 heavy (non-hydrogen) atoms. The van der Waals surface area contributed by atoms with Crippen LogP contribution >= 0.6 is 0 Å². The largest absolute Gasteiger partial charge is 0.309 e. The minimum Gasteiger partial charge on any atom is -0.309 e. The number of benzene rings is 1. The van der Waals surface area contributed by atoms with Crippen molar-refractivity contribution in [1.82, 2.24) is 9.62 Å². The zero-order chi connectivity index (χ0) is 15.7. The predicted octanol–water partition coefficient (Wildman–Crippen LogP) is 0.386. The highest BCUT2D eigenvalue weighted by Gasteiger charge is 2.29. The highest BCUT2D eigenvalue weighted by atomic mass is 32.2. The van der Waals surface area contributed by atoms with Crippen LogP contribution in [0.25, 0.3) is 0 Å². The molecule has 0 spiro atoms. The molecule has 0 fully saturated rings. The third-order valence-corrected chi connectivity index (χ3v) is 7.26. The van der Waals surface area contributed by atoms with Crippen LogP contribution in [0.5, 0.6) is 0 Å². The number of fused-ring (bicyclic) bond motifs is 1. The van der Waals surface area contributed by atoms with Crippen molar-refractivity contribution < 1.29 is 16.8 Å². The number of hydrogen-bond donors (Lipinski definition) is 1. The minimum absolute atomic E-state index is 0.00851. The minimum atomic E-state index is -3.25. The zero-order valence-corrected chi connectivity index (χ0v) is 13.7. The predicted molar refractivity (Wildman–Crippen MR) is 81.3 cm³/mol. The summed E-state index contributed by atoms with van der Waals surface area (Å²) in [5, 5.41) is 3.16. The van der Waals surface area contributed by atoms with Crippen LogP contribution in [0.1, 0.15) is 18.0 Å². The van der Waals surface area contributed by atoms with Gasteiger partial charge in [-0.05, 0) is 18.1 Å². The number of nitrogens with zero attached hydrogens (tertiary/aromatic N) is 1. The average Bonchev–Trinajstić information content (AvgIpc) is 2.41. The van der Waals surface area contributed by atoms with Crippen LogP contribution in [0.15, 0.2) is 29.2 Å². The lowest BCUT2D eigenvalue weighted by Crippen LogP contribution is -2.35. The Morgan fingerprint density at radius 2 is 1.95 bits per heavy atom. The van der Waals surface area contributed by atoms with Gasteiger partial charge in [0.1, 0.15) is 0 Å². The quantitative estimate of drug-likeness (QED) is 0.843. The first-order valence-electron chi connectivity index (χ1n) is 6.69. The molecule has 0 bridgehead atoms. The van der Waals surface area contributed by atoms with Gasteiger partial charge in [0.05, 0.1) is 16.4 Å². The Hall–Kier alpha value is -0.960. The molecule has 8 heteroatoms. The summed E-state index contributed by atoms with van der Waals surface area (Å²) in [6.07, 6.45) is 0.460. The van der Waals surface area contributed by atoms with E-state index < -0.39 is 19.9 Å². The topological polar surface area (TPSA) is 83.6 Å². The van der Waals surface area contributed by atoms with Crippen molar-refractivity contribution in [2.75, 3.05) is 32.1 Å². The van der Waals surface area contributed by atoms with Gasteiger partial charge in [-0.15, -0.1) is 0 Å². The molecule has 1 aliphatic heterocycles. The Bertz CT molecular complexity index is 711. The van der Waals surface area contributed by atoms with Crippen LogP contribution in [0.2, 0.25) is 0 Å². The normalized spacial score (nSPS) is 21.2. The van der Waals surface area contributed by atoms with Gasteiger partial charge in [0.25, 0.3) is 0 Å². The van der Waals surface area contributed by atoms with E-state index in [0.717, 1.165) is 5.56 Å². The van der Waals surface area contributed by atoms with E-state index in [4.69, 9.17) is 0 Å². The van der Waals surface area contributed by atoms with Crippen molar-refractivity contribution in [3.05, 3.63) is 29.8 Å². The summed E-state index contributed by atoms with van der Waals surface area (Å²) in [7, 11) is -3.46. The van der Waals surface area contributed by atoms with Gasteiger partial charge < -0.3 is 5.32 Å². The summed E-state index contributed by atoms with van der Waals surface area (Å²) >= 11 is 0. The van der Waals surface area contributed by atoms with Crippen LogP contribution in [-0.4, -0.2) is 53.3 Å². The number of sulfone groups is 1. The van der Waals surface area contributed by atoms with Crippen LogP contribution < -0.4 is 5.32 Å². The van der Waals surface area contributed by atoms with Crippen LogP contribution in [-0.2, 0) is 19.9 Å². The van der Waals surface area contributed by atoms with E-state index in [9.17, 15) is 16.8 Å². The highest BCUT2D eigenvalue weighted by molar-refractivity contribution is 7.91. The number of hydrogen-bond acceptors (Lipinski definition) is 5. The van der Waals surface area contributed by atoms with Crippen molar-refractivity contribution in [3.63, 3.8) is 0 Å². The summed E-state index contributed by atoms with van der Waals surface area (Å²) in [6.45, 7) is 0.291. The summed E-state index contributed by atoms with van der Waals surface area (Å²) in [4.78, 5) is 0.351. The van der Waals surface area contributed by atoms with Crippen LogP contribution in [0.4, 0.5) is 0 Å². The molecule has 118 valence electrons. The molecule has 0 amide bonds. The summed E-state index contributed by atoms with van der Waals surface area (Å²) in [6, 6.07) is 6.77. The van der Waals surface area contributed by atoms with E-state index in [-0.39, 0.29) is 17.5 Å². The first kappa shape index (κ1) is 16.4. The number of rotatable bonds is 5. The van der Waals surface area contributed by atoms with Crippen molar-refractivity contribution in [2.24, 2.45) is 0 Å². The lowest BCUT2D eigenvalue weighted by molar-refractivity contribution is 0.490. The second-order valence-corrected chi connectivity index (χ2v) is 9.63. The third-order valence-electron chi connectivity index (χ3n) is 3.61. The van der Waals surface area contributed by atoms with Gasteiger partial charge in [-0.1, -0.05) is 18.2 Å². The van der Waals surface area contributed by atoms with E-state index >= 15 is 0 Å². The summed E-state index contributed by atoms with van der Waals surface area (Å²) in [5.41, 5.74) is 0.728. The molecular weight excluding hydrogens is 312 g/mol. The standard InChI is InChI=1S/C13H20N2O4S2/c1-15(2)21(18,19)10-8-14-12-7-9-20(16,17)13-6-4-3-5-11(12)13/h3-6,12,14H,7-10H2,1-2H3. The fourth-order valence-electron chi connectivity index (χ4n) is 2.35. The highest BCUT2D eigenvalue weighted by Crippen LogP contribution is 2.31. The molecule has 2 rings (SSSR count). The third kappa shape index (κ3) is 3.63. The molecule has 1 unspecified atom stereocenters. The molecular formula is C13H20N2O4S2. The van der Waals surface area contributed by atoms with Gasteiger partial charge >= 0.3 is 0 Å². The lowest BCUT2D eigenvalue weighted by Gasteiger charge is -2.26. The maximum absolute atomic E-state index is 12.0.